The lowest BCUT2D eigenvalue weighted by Crippen LogP contribution is -2.35. The van der Waals surface area contributed by atoms with Gasteiger partial charge >= 0.3 is 0 Å². The number of hydrogen-bond acceptors (Lipinski definition) is 4. The molecule has 2 aromatic rings. The molecular weight excluding hydrogens is 460 g/mol. The lowest BCUT2D eigenvalue weighted by molar-refractivity contribution is -0.119. The van der Waals surface area contributed by atoms with E-state index in [1.54, 1.807) is 0 Å². The van der Waals surface area contributed by atoms with Crippen molar-refractivity contribution in [1.82, 2.24) is 20.1 Å². The molecule has 0 bridgehead atoms. The van der Waals surface area contributed by atoms with Crippen LogP contribution in [0.5, 0.6) is 0 Å². The lowest BCUT2D eigenvalue weighted by atomic mass is 9.95. The predicted molar refractivity (Wildman–Crippen MR) is 126 cm³/mol. The number of aromatic nitrogens is 3. The maximum atomic E-state index is 12.6. The number of halogens is 1. The summed E-state index contributed by atoms with van der Waals surface area (Å²) in [5, 5.41) is 13.2. The number of amides is 1. The van der Waals surface area contributed by atoms with Gasteiger partial charge < -0.3 is 5.32 Å². The fourth-order valence-corrected chi connectivity index (χ4v) is 5.74. The van der Waals surface area contributed by atoms with E-state index < -0.39 is 0 Å². The summed E-state index contributed by atoms with van der Waals surface area (Å²) >= 11 is 5.04. The van der Waals surface area contributed by atoms with Crippen LogP contribution in [0.3, 0.4) is 0 Å². The van der Waals surface area contributed by atoms with Crippen LogP contribution in [0.25, 0.3) is 11.4 Å². The summed E-state index contributed by atoms with van der Waals surface area (Å²) in [7, 11) is 0. The highest BCUT2D eigenvalue weighted by atomic mass is 79.9. The minimum Gasteiger partial charge on any atom is -0.353 e. The molecule has 1 aromatic carbocycles. The first-order valence-electron chi connectivity index (χ1n) is 11.3. The largest absolute Gasteiger partial charge is 0.353 e. The molecule has 1 heterocycles. The second-order valence-electron chi connectivity index (χ2n) is 8.52. The molecule has 7 heteroatoms. The van der Waals surface area contributed by atoms with E-state index in [2.05, 4.69) is 48.1 Å². The van der Waals surface area contributed by atoms with E-state index in [1.807, 2.05) is 12.1 Å². The van der Waals surface area contributed by atoms with Crippen LogP contribution in [0.1, 0.15) is 76.7 Å². The molecule has 2 fully saturated rings. The average molecular weight is 491 g/mol. The summed E-state index contributed by atoms with van der Waals surface area (Å²) in [5.74, 6) is 1.44. The molecule has 2 aliphatic rings. The van der Waals surface area contributed by atoms with E-state index in [0.717, 1.165) is 46.7 Å². The maximum absolute atomic E-state index is 12.6. The third-order valence-corrected chi connectivity index (χ3v) is 7.73. The second-order valence-corrected chi connectivity index (χ2v) is 10.4. The Morgan fingerprint density at radius 1 is 0.967 bits per heavy atom. The minimum absolute atomic E-state index is 0.121. The molecule has 0 radical (unpaired) electrons. The van der Waals surface area contributed by atoms with E-state index in [4.69, 9.17) is 0 Å². The van der Waals surface area contributed by atoms with Crippen molar-refractivity contribution in [2.24, 2.45) is 0 Å². The molecule has 1 N–H and O–H groups in total. The van der Waals surface area contributed by atoms with Gasteiger partial charge in [-0.2, -0.15) is 0 Å². The topological polar surface area (TPSA) is 59.8 Å². The molecule has 2 saturated carbocycles. The Bertz CT molecular complexity index is 824. The first-order chi connectivity index (χ1) is 14.7. The first kappa shape index (κ1) is 21.9. The van der Waals surface area contributed by atoms with E-state index in [9.17, 15) is 4.79 Å². The monoisotopic (exact) mass is 490 g/mol. The van der Waals surface area contributed by atoms with Crippen molar-refractivity contribution in [3.63, 3.8) is 0 Å². The number of rotatable bonds is 6. The summed E-state index contributed by atoms with van der Waals surface area (Å²) in [6.07, 6.45) is 13.4. The molecule has 5 nitrogen and oxygen atoms in total. The molecule has 4 rings (SSSR count). The first-order valence-corrected chi connectivity index (χ1v) is 13.1. The van der Waals surface area contributed by atoms with Crippen LogP contribution in [0, 0.1) is 0 Å². The van der Waals surface area contributed by atoms with Crippen molar-refractivity contribution >= 4 is 33.6 Å². The summed E-state index contributed by atoms with van der Waals surface area (Å²) < 4.78 is 3.35. The van der Waals surface area contributed by atoms with Gasteiger partial charge in [0.1, 0.15) is 0 Å². The molecule has 30 heavy (non-hydrogen) atoms. The summed E-state index contributed by atoms with van der Waals surface area (Å²) in [6, 6.07) is 9.01. The van der Waals surface area contributed by atoms with Gasteiger partial charge in [-0.3, -0.25) is 9.36 Å². The third-order valence-electron chi connectivity index (χ3n) is 6.26. The van der Waals surface area contributed by atoms with Crippen molar-refractivity contribution in [1.29, 1.82) is 0 Å². The van der Waals surface area contributed by atoms with Crippen LogP contribution in [0.15, 0.2) is 33.9 Å². The van der Waals surface area contributed by atoms with E-state index in [-0.39, 0.29) is 5.91 Å². The number of thioether (sulfide) groups is 1. The maximum Gasteiger partial charge on any atom is 0.230 e. The van der Waals surface area contributed by atoms with Crippen molar-refractivity contribution in [2.75, 3.05) is 5.75 Å². The fraction of sp³-hybridized carbons (Fsp3) is 0.609. The molecular formula is C23H31BrN4OS. The summed E-state index contributed by atoms with van der Waals surface area (Å²) in [6.45, 7) is 0. The Morgan fingerprint density at radius 3 is 2.30 bits per heavy atom. The smallest absolute Gasteiger partial charge is 0.230 e. The Morgan fingerprint density at radius 2 is 1.60 bits per heavy atom. The van der Waals surface area contributed by atoms with Gasteiger partial charge in [0.05, 0.1) is 5.75 Å². The van der Waals surface area contributed by atoms with Gasteiger partial charge in [0, 0.05) is 22.1 Å². The standard InChI is InChI=1S/C23H31BrN4OS/c24-18-14-12-17(13-15-18)22-26-27-23(28(22)20-10-6-3-7-11-20)30-16-21(29)25-19-8-4-1-2-5-9-19/h12-15,19-20H,1-11,16H2,(H,25,29). The zero-order valence-corrected chi connectivity index (χ0v) is 19.9. The molecule has 0 spiro atoms. The van der Waals surface area contributed by atoms with Gasteiger partial charge in [-0.25, -0.2) is 0 Å². The van der Waals surface area contributed by atoms with E-state index in [0.29, 0.717) is 17.8 Å². The van der Waals surface area contributed by atoms with Gasteiger partial charge in [-0.05, 0) is 37.8 Å². The van der Waals surface area contributed by atoms with Gasteiger partial charge in [0.15, 0.2) is 11.0 Å². The molecule has 1 aromatic heterocycles. The number of carbonyl (C=O) groups excluding carboxylic acids is 1. The van der Waals surface area contributed by atoms with Crippen LogP contribution < -0.4 is 5.32 Å². The minimum atomic E-state index is 0.121. The fourth-order valence-electron chi connectivity index (χ4n) is 4.66. The highest BCUT2D eigenvalue weighted by Gasteiger charge is 2.24. The van der Waals surface area contributed by atoms with Crippen LogP contribution in [0.4, 0.5) is 0 Å². The zero-order chi connectivity index (χ0) is 20.8. The molecule has 1 amide bonds. The molecule has 162 valence electrons. The number of nitrogens with one attached hydrogen (secondary N) is 1. The quantitative estimate of drug-likeness (QED) is 0.389. The normalized spacial score (nSPS) is 18.8. The number of carbonyl (C=O) groups is 1. The van der Waals surface area contributed by atoms with Crippen LogP contribution in [-0.4, -0.2) is 32.5 Å². The van der Waals surface area contributed by atoms with Crippen molar-refractivity contribution in [2.45, 2.75) is 87.9 Å². The molecule has 0 unspecified atom stereocenters. The Kier molecular flexibility index (Phi) is 7.88. The van der Waals surface area contributed by atoms with E-state index in [1.165, 1.54) is 56.7 Å². The van der Waals surface area contributed by atoms with Crippen molar-refractivity contribution < 1.29 is 4.79 Å². The zero-order valence-electron chi connectivity index (χ0n) is 17.5. The van der Waals surface area contributed by atoms with E-state index >= 15 is 0 Å². The number of nitrogens with zero attached hydrogens (tertiary/aromatic N) is 3. The van der Waals surface area contributed by atoms with Gasteiger partial charge in [0.25, 0.3) is 0 Å². The van der Waals surface area contributed by atoms with Crippen molar-refractivity contribution in [3.05, 3.63) is 28.7 Å². The highest BCUT2D eigenvalue weighted by molar-refractivity contribution is 9.10. The Labute approximate surface area is 191 Å². The second kappa shape index (κ2) is 10.8. The van der Waals surface area contributed by atoms with Gasteiger partial charge in [-0.15, -0.1) is 10.2 Å². The van der Waals surface area contributed by atoms with Gasteiger partial charge in [-0.1, -0.05) is 84.8 Å². The van der Waals surface area contributed by atoms with Crippen molar-refractivity contribution in [3.8, 4) is 11.4 Å². The van der Waals surface area contributed by atoms with Crippen LogP contribution in [0.2, 0.25) is 0 Å². The third kappa shape index (κ3) is 5.67. The molecule has 0 aliphatic heterocycles. The Hall–Kier alpha value is -1.34. The summed E-state index contributed by atoms with van der Waals surface area (Å²) in [5.41, 5.74) is 1.08. The predicted octanol–water partition coefficient (Wildman–Crippen LogP) is 6.14. The average Bonchev–Trinajstić information content (AvgIpc) is 3.02. The number of benzene rings is 1. The van der Waals surface area contributed by atoms with Crippen LogP contribution >= 0.6 is 27.7 Å². The molecule has 0 atom stereocenters. The SMILES string of the molecule is O=C(CSc1nnc(-c2ccc(Br)cc2)n1C1CCCCC1)NC1CCCCCC1. The highest BCUT2D eigenvalue weighted by Crippen LogP contribution is 2.35. The lowest BCUT2D eigenvalue weighted by Gasteiger charge is -2.25. The van der Waals surface area contributed by atoms with Gasteiger partial charge in [0.2, 0.25) is 5.91 Å². The Balaban J connectivity index is 1.47. The molecule has 2 aliphatic carbocycles. The summed E-state index contributed by atoms with van der Waals surface area (Å²) in [4.78, 5) is 12.6. The van der Waals surface area contributed by atoms with Crippen LogP contribution in [-0.2, 0) is 4.79 Å². The molecule has 0 saturated heterocycles. The number of hydrogen-bond donors (Lipinski definition) is 1.